The van der Waals surface area contributed by atoms with Crippen LogP contribution in [0.5, 0.6) is 0 Å². The quantitative estimate of drug-likeness (QED) is 0.179. The van der Waals surface area contributed by atoms with Gasteiger partial charge >= 0.3 is 0 Å². The molecule has 0 atom stereocenters. The Balaban J connectivity index is 1.11. The van der Waals surface area contributed by atoms with Crippen molar-refractivity contribution in [2.45, 2.75) is 0 Å². The second kappa shape index (κ2) is 12.1. The Labute approximate surface area is 338 Å². The molecule has 8 heteroatoms. The number of hydrogen-bond acceptors (Lipinski definition) is 6. The Bertz CT molecular complexity index is 3820. The maximum Gasteiger partial charge on any atom is 0.235 e. The molecule has 0 bridgehead atoms. The van der Waals surface area contributed by atoms with Crippen molar-refractivity contribution in [3.8, 4) is 34.0 Å². The summed E-state index contributed by atoms with van der Waals surface area (Å²) in [4.78, 5) is 11.0. The molecular formula is C50H28N6S2. The van der Waals surface area contributed by atoms with Crippen LogP contribution in [-0.2, 0) is 0 Å². The fourth-order valence-corrected chi connectivity index (χ4v) is 10.7. The average Bonchev–Trinajstić information content (AvgIpc) is 4.07. The minimum absolute atomic E-state index is 0.625. The van der Waals surface area contributed by atoms with Crippen LogP contribution in [0.3, 0.4) is 0 Å². The first-order valence-corrected chi connectivity index (χ1v) is 20.8. The molecule has 0 radical (unpaired) electrons. The molecule has 0 saturated carbocycles. The van der Waals surface area contributed by atoms with Crippen LogP contribution in [0.4, 0.5) is 0 Å². The molecule has 5 aromatic heterocycles. The van der Waals surface area contributed by atoms with Gasteiger partial charge in [0, 0.05) is 48.4 Å². The van der Waals surface area contributed by atoms with Gasteiger partial charge < -0.3 is 4.57 Å². The van der Waals surface area contributed by atoms with Crippen LogP contribution < -0.4 is 0 Å². The maximum absolute atomic E-state index is 5.52. The molecule has 0 aliphatic carbocycles. The summed E-state index contributed by atoms with van der Waals surface area (Å²) in [6.45, 7) is 0. The number of nitrogens with zero attached hydrogens (tertiary/aromatic N) is 6. The van der Waals surface area contributed by atoms with Crippen molar-refractivity contribution in [2.24, 2.45) is 0 Å². The van der Waals surface area contributed by atoms with E-state index in [1.807, 2.05) is 0 Å². The van der Waals surface area contributed by atoms with Gasteiger partial charge in [0.05, 0.1) is 49.7 Å². The molecule has 0 unspecified atom stereocenters. The molecule has 8 aromatic carbocycles. The lowest BCUT2D eigenvalue weighted by Crippen LogP contribution is -2.03. The maximum atomic E-state index is 5.52. The minimum atomic E-state index is 0.625. The van der Waals surface area contributed by atoms with E-state index in [0.29, 0.717) is 5.95 Å². The van der Waals surface area contributed by atoms with Crippen LogP contribution in [0.1, 0.15) is 0 Å². The topological polar surface area (TPSA) is 61.4 Å². The van der Waals surface area contributed by atoms with Crippen molar-refractivity contribution < 1.29 is 0 Å². The summed E-state index contributed by atoms with van der Waals surface area (Å²) in [6, 6.07) is 60.5. The zero-order valence-corrected chi connectivity index (χ0v) is 32.3. The standard InChI is InChI=1S/C50H28N6S2/c1-2-14-33(15-3-1)55-39-19-9-6-16-34(39)38-27-31(24-25-41(38)55)37-28-42-44(48-46(37)53-58-54-48)35-17-7-10-20-40(35)56(42)50-51-45(32-23-22-29-12-4-5-13-30(29)26-32)49-47(52-50)36-18-8-11-21-43(36)57-49/h1-28H. The van der Waals surface area contributed by atoms with Gasteiger partial charge in [0.15, 0.2) is 0 Å². The van der Waals surface area contributed by atoms with Gasteiger partial charge in [0.2, 0.25) is 5.95 Å². The Hall–Kier alpha value is -7.26. The Morgan fingerprint density at radius 3 is 2.00 bits per heavy atom. The van der Waals surface area contributed by atoms with E-state index in [9.17, 15) is 0 Å². The van der Waals surface area contributed by atoms with E-state index < -0.39 is 0 Å². The fraction of sp³-hybridized carbons (Fsp3) is 0. The van der Waals surface area contributed by atoms with E-state index in [-0.39, 0.29) is 0 Å². The number of aromatic nitrogens is 6. The predicted molar refractivity (Wildman–Crippen MR) is 243 cm³/mol. The van der Waals surface area contributed by atoms with Gasteiger partial charge in [-0.25, -0.2) is 9.97 Å². The molecule has 0 aliphatic heterocycles. The molecule has 0 N–H and O–H groups in total. The summed E-state index contributed by atoms with van der Waals surface area (Å²) in [5, 5.41) is 8.04. The van der Waals surface area contributed by atoms with Crippen molar-refractivity contribution >= 4 is 109 Å². The first kappa shape index (κ1) is 31.9. The molecule has 58 heavy (non-hydrogen) atoms. The lowest BCUT2D eigenvalue weighted by molar-refractivity contribution is 1.02. The van der Waals surface area contributed by atoms with Crippen LogP contribution in [0, 0.1) is 0 Å². The molecule has 0 saturated heterocycles. The van der Waals surface area contributed by atoms with Crippen molar-refractivity contribution in [3.05, 3.63) is 170 Å². The normalized spacial score (nSPS) is 12.1. The van der Waals surface area contributed by atoms with E-state index in [4.69, 9.17) is 18.7 Å². The number of fused-ring (bicyclic) bond motifs is 12. The highest BCUT2D eigenvalue weighted by molar-refractivity contribution is 7.26. The molecular weight excluding hydrogens is 749 g/mol. The molecule has 6 nitrogen and oxygen atoms in total. The average molecular weight is 777 g/mol. The van der Waals surface area contributed by atoms with Gasteiger partial charge in [-0.05, 0) is 70.9 Å². The number of para-hydroxylation sites is 3. The first-order chi connectivity index (χ1) is 28.8. The molecule has 13 rings (SSSR count). The fourth-order valence-electron chi connectivity index (χ4n) is 9.02. The van der Waals surface area contributed by atoms with Crippen molar-refractivity contribution in [1.82, 2.24) is 27.8 Å². The van der Waals surface area contributed by atoms with Gasteiger partial charge in [0.1, 0.15) is 11.0 Å². The smallest absolute Gasteiger partial charge is 0.235 e. The first-order valence-electron chi connectivity index (χ1n) is 19.2. The van der Waals surface area contributed by atoms with E-state index in [1.54, 1.807) is 11.3 Å². The molecule has 270 valence electrons. The Kier molecular flexibility index (Phi) is 6.66. The lowest BCUT2D eigenvalue weighted by atomic mass is 9.99. The van der Waals surface area contributed by atoms with Crippen LogP contribution in [0.2, 0.25) is 0 Å². The molecule has 0 spiro atoms. The van der Waals surface area contributed by atoms with Crippen LogP contribution in [0.25, 0.3) is 120 Å². The molecule has 13 aromatic rings. The summed E-state index contributed by atoms with van der Waals surface area (Å²) in [6.07, 6.45) is 0. The van der Waals surface area contributed by atoms with Crippen LogP contribution in [0.15, 0.2) is 170 Å². The Morgan fingerprint density at radius 1 is 0.431 bits per heavy atom. The zero-order chi connectivity index (χ0) is 37.9. The summed E-state index contributed by atoms with van der Waals surface area (Å²) >= 11 is 3.01. The third kappa shape index (κ3) is 4.52. The van der Waals surface area contributed by atoms with Gasteiger partial charge in [-0.2, -0.15) is 8.75 Å². The molecule has 5 heterocycles. The minimum Gasteiger partial charge on any atom is -0.309 e. The summed E-state index contributed by atoms with van der Waals surface area (Å²) in [5.74, 6) is 0.625. The monoisotopic (exact) mass is 776 g/mol. The van der Waals surface area contributed by atoms with Crippen molar-refractivity contribution in [2.75, 3.05) is 0 Å². The molecule has 0 amide bonds. The van der Waals surface area contributed by atoms with E-state index in [0.717, 1.165) is 82.0 Å². The second-order valence-electron chi connectivity index (χ2n) is 14.8. The van der Waals surface area contributed by atoms with Crippen LogP contribution in [-0.4, -0.2) is 27.8 Å². The highest BCUT2D eigenvalue weighted by Gasteiger charge is 2.24. The zero-order valence-electron chi connectivity index (χ0n) is 30.7. The third-order valence-electron chi connectivity index (χ3n) is 11.6. The number of hydrogen-bond donors (Lipinski definition) is 0. The molecule has 0 aliphatic rings. The van der Waals surface area contributed by atoms with E-state index in [2.05, 4.69) is 179 Å². The number of benzene rings is 8. The third-order valence-corrected chi connectivity index (χ3v) is 13.3. The van der Waals surface area contributed by atoms with Crippen LogP contribution >= 0.6 is 23.1 Å². The largest absolute Gasteiger partial charge is 0.309 e. The SMILES string of the molecule is c1ccc(-n2c3ccccc3c3cc(-c4cc5c(c6ccccc6n5-c5nc(-c6ccc7ccccc7c6)c6sc7ccccc7c6n5)c5nsnc45)ccc32)cc1. The van der Waals surface area contributed by atoms with Gasteiger partial charge in [-0.3, -0.25) is 4.57 Å². The van der Waals surface area contributed by atoms with Gasteiger partial charge in [0.25, 0.3) is 0 Å². The van der Waals surface area contributed by atoms with Gasteiger partial charge in [-0.15, -0.1) is 11.3 Å². The summed E-state index contributed by atoms with van der Waals surface area (Å²) < 4.78 is 16.8. The Morgan fingerprint density at radius 2 is 1.12 bits per heavy atom. The van der Waals surface area contributed by atoms with E-state index >= 15 is 0 Å². The lowest BCUT2D eigenvalue weighted by Gasteiger charge is -2.12. The number of thiophene rings is 1. The van der Waals surface area contributed by atoms with Crippen molar-refractivity contribution in [1.29, 1.82) is 0 Å². The van der Waals surface area contributed by atoms with Crippen molar-refractivity contribution in [3.63, 3.8) is 0 Å². The van der Waals surface area contributed by atoms with Gasteiger partial charge in [-0.1, -0.05) is 115 Å². The molecule has 0 fully saturated rings. The second-order valence-corrected chi connectivity index (χ2v) is 16.3. The van der Waals surface area contributed by atoms with E-state index in [1.165, 1.54) is 43.5 Å². The summed E-state index contributed by atoms with van der Waals surface area (Å²) in [5.41, 5.74) is 12.3. The highest BCUT2D eigenvalue weighted by atomic mass is 32.1. The summed E-state index contributed by atoms with van der Waals surface area (Å²) in [7, 11) is 0. The highest BCUT2D eigenvalue weighted by Crippen LogP contribution is 2.44. The predicted octanol–water partition coefficient (Wildman–Crippen LogP) is 13.5. The number of rotatable bonds is 4.